The molecule has 0 radical (unpaired) electrons. The van der Waals surface area contributed by atoms with Gasteiger partial charge >= 0.3 is 0 Å². The lowest BCUT2D eigenvalue weighted by Gasteiger charge is -2.30. The number of phenols is 2. The largest absolute Gasteiger partial charge is 0.508 e. The van der Waals surface area contributed by atoms with Crippen LogP contribution in [-0.2, 0) is 4.79 Å². The third-order valence-electron chi connectivity index (χ3n) is 3.82. The van der Waals surface area contributed by atoms with Crippen LogP contribution >= 0.6 is 0 Å². The summed E-state index contributed by atoms with van der Waals surface area (Å²) in [6.45, 7) is 5.04. The molecule has 0 aliphatic heterocycles. The summed E-state index contributed by atoms with van der Waals surface area (Å²) < 4.78 is 26.9. The number of aromatic hydroxyl groups is 2. The van der Waals surface area contributed by atoms with E-state index in [2.05, 4.69) is 10.6 Å². The van der Waals surface area contributed by atoms with E-state index < -0.39 is 46.2 Å². The molecule has 27 heavy (non-hydrogen) atoms. The maximum atomic E-state index is 13.9. The summed E-state index contributed by atoms with van der Waals surface area (Å²) in [5, 5.41) is 24.0. The molecule has 0 fully saturated rings. The monoisotopic (exact) mass is 378 g/mol. The summed E-state index contributed by atoms with van der Waals surface area (Å²) in [5.74, 6) is -3.86. The number of phenolic OH excluding ortho intramolecular Hbond substituents is 2. The molecule has 2 aromatic rings. The molecule has 2 amide bonds. The van der Waals surface area contributed by atoms with Crippen LogP contribution < -0.4 is 10.6 Å². The molecule has 0 heterocycles. The van der Waals surface area contributed by atoms with Gasteiger partial charge in [-0.3, -0.25) is 9.59 Å². The number of hydrogen-bond donors (Lipinski definition) is 4. The van der Waals surface area contributed by atoms with Gasteiger partial charge < -0.3 is 20.8 Å². The SMILES string of the molecule is CC(C)(C)[C@H](NC(=O)c1cc(O)ccc1F)C(=O)Nc1ccc(F)cc1O. The summed E-state index contributed by atoms with van der Waals surface area (Å²) in [5.41, 5.74) is -1.22. The zero-order valence-electron chi connectivity index (χ0n) is 15.0. The van der Waals surface area contributed by atoms with E-state index in [1.807, 2.05) is 0 Å². The Morgan fingerprint density at radius 3 is 2.30 bits per heavy atom. The van der Waals surface area contributed by atoms with E-state index in [4.69, 9.17) is 0 Å². The molecule has 0 aliphatic carbocycles. The summed E-state index contributed by atoms with van der Waals surface area (Å²) >= 11 is 0. The fraction of sp³-hybridized carbons (Fsp3) is 0.263. The zero-order valence-corrected chi connectivity index (χ0v) is 15.0. The summed E-state index contributed by atoms with van der Waals surface area (Å²) in [7, 11) is 0. The van der Waals surface area contributed by atoms with Crippen molar-refractivity contribution in [3.05, 3.63) is 53.6 Å². The van der Waals surface area contributed by atoms with Crippen molar-refractivity contribution >= 4 is 17.5 Å². The third-order valence-corrected chi connectivity index (χ3v) is 3.82. The van der Waals surface area contributed by atoms with Crippen LogP contribution in [-0.4, -0.2) is 28.1 Å². The third kappa shape index (κ3) is 4.93. The second-order valence-corrected chi connectivity index (χ2v) is 7.09. The smallest absolute Gasteiger partial charge is 0.255 e. The summed E-state index contributed by atoms with van der Waals surface area (Å²) in [6, 6.07) is 4.94. The number of nitrogens with one attached hydrogen (secondary N) is 2. The summed E-state index contributed by atoms with van der Waals surface area (Å²) in [6.07, 6.45) is 0. The van der Waals surface area contributed by atoms with Crippen LogP contribution in [0.5, 0.6) is 11.5 Å². The lowest BCUT2D eigenvalue weighted by molar-refractivity contribution is -0.120. The van der Waals surface area contributed by atoms with E-state index in [1.54, 1.807) is 20.8 Å². The van der Waals surface area contributed by atoms with E-state index in [1.165, 1.54) is 6.07 Å². The fourth-order valence-corrected chi connectivity index (χ4v) is 2.39. The molecule has 2 aromatic carbocycles. The number of benzene rings is 2. The Morgan fingerprint density at radius 2 is 1.70 bits per heavy atom. The Balaban J connectivity index is 2.26. The van der Waals surface area contributed by atoms with Crippen molar-refractivity contribution < 1.29 is 28.6 Å². The van der Waals surface area contributed by atoms with Crippen LogP contribution in [0, 0.1) is 17.0 Å². The molecule has 2 rings (SSSR count). The number of carbonyl (C=O) groups is 2. The van der Waals surface area contributed by atoms with Gasteiger partial charge in [-0.05, 0) is 35.7 Å². The van der Waals surface area contributed by atoms with Crippen LogP contribution in [0.25, 0.3) is 0 Å². The van der Waals surface area contributed by atoms with Gasteiger partial charge in [0.25, 0.3) is 5.91 Å². The normalized spacial score (nSPS) is 12.3. The van der Waals surface area contributed by atoms with Crippen molar-refractivity contribution in [2.45, 2.75) is 26.8 Å². The molecule has 8 heteroatoms. The lowest BCUT2D eigenvalue weighted by Crippen LogP contribution is -2.51. The van der Waals surface area contributed by atoms with Gasteiger partial charge in [0.2, 0.25) is 5.91 Å². The molecule has 0 aromatic heterocycles. The van der Waals surface area contributed by atoms with Crippen molar-refractivity contribution in [1.29, 1.82) is 0 Å². The molecule has 4 N–H and O–H groups in total. The van der Waals surface area contributed by atoms with E-state index in [0.717, 1.165) is 30.3 Å². The molecular formula is C19H20F2N2O4. The number of amides is 2. The molecule has 0 saturated carbocycles. The van der Waals surface area contributed by atoms with Gasteiger partial charge in [-0.1, -0.05) is 20.8 Å². The topological polar surface area (TPSA) is 98.7 Å². The molecule has 144 valence electrons. The first-order valence-corrected chi connectivity index (χ1v) is 8.08. The Bertz CT molecular complexity index is 878. The highest BCUT2D eigenvalue weighted by Crippen LogP contribution is 2.26. The molecule has 1 atom stereocenters. The van der Waals surface area contributed by atoms with Gasteiger partial charge in [-0.2, -0.15) is 0 Å². The number of hydrogen-bond acceptors (Lipinski definition) is 4. The molecule has 6 nitrogen and oxygen atoms in total. The summed E-state index contributed by atoms with van der Waals surface area (Å²) in [4.78, 5) is 25.0. The minimum atomic E-state index is -1.11. The maximum Gasteiger partial charge on any atom is 0.255 e. The first-order chi connectivity index (χ1) is 12.5. The maximum absolute atomic E-state index is 13.9. The van der Waals surface area contributed by atoms with E-state index in [9.17, 15) is 28.6 Å². The number of carbonyl (C=O) groups excluding carboxylic acids is 2. The van der Waals surface area contributed by atoms with Gasteiger partial charge in [0.1, 0.15) is 29.2 Å². The van der Waals surface area contributed by atoms with Gasteiger partial charge in [-0.25, -0.2) is 8.78 Å². The van der Waals surface area contributed by atoms with E-state index in [-0.39, 0.29) is 11.4 Å². The Hall–Kier alpha value is -3.16. The fourth-order valence-electron chi connectivity index (χ4n) is 2.39. The highest BCUT2D eigenvalue weighted by molar-refractivity contribution is 6.02. The average molecular weight is 378 g/mol. The minimum Gasteiger partial charge on any atom is -0.508 e. The van der Waals surface area contributed by atoms with Crippen molar-refractivity contribution in [3.63, 3.8) is 0 Å². The number of anilines is 1. The van der Waals surface area contributed by atoms with E-state index in [0.29, 0.717) is 0 Å². The quantitative estimate of drug-likeness (QED) is 0.614. The van der Waals surface area contributed by atoms with Crippen molar-refractivity contribution in [2.75, 3.05) is 5.32 Å². The van der Waals surface area contributed by atoms with Gasteiger partial charge in [0.05, 0.1) is 11.3 Å². The number of rotatable bonds is 4. The second kappa shape index (κ2) is 7.61. The molecule has 0 aliphatic rings. The first-order valence-electron chi connectivity index (χ1n) is 8.08. The lowest BCUT2D eigenvalue weighted by atomic mass is 9.85. The van der Waals surface area contributed by atoms with Crippen molar-refractivity contribution in [2.24, 2.45) is 5.41 Å². The number of halogens is 2. The highest BCUT2D eigenvalue weighted by Gasteiger charge is 2.34. The predicted molar refractivity (Wildman–Crippen MR) is 95.5 cm³/mol. The van der Waals surface area contributed by atoms with Crippen LogP contribution in [0.1, 0.15) is 31.1 Å². The molecule has 0 saturated heterocycles. The van der Waals surface area contributed by atoms with Crippen molar-refractivity contribution in [3.8, 4) is 11.5 Å². The Labute approximate surface area is 154 Å². The van der Waals surface area contributed by atoms with Gasteiger partial charge in [0.15, 0.2) is 0 Å². The molecule has 0 spiro atoms. The second-order valence-electron chi connectivity index (χ2n) is 7.09. The van der Waals surface area contributed by atoms with Crippen LogP contribution in [0.3, 0.4) is 0 Å². The molecule has 0 bridgehead atoms. The molecule has 0 unspecified atom stereocenters. The Morgan fingerprint density at radius 1 is 1.04 bits per heavy atom. The zero-order chi connectivity index (χ0) is 20.4. The minimum absolute atomic E-state index is 0.0339. The first kappa shape index (κ1) is 20.2. The van der Waals surface area contributed by atoms with Gasteiger partial charge in [-0.15, -0.1) is 0 Å². The van der Waals surface area contributed by atoms with Crippen LogP contribution in [0.4, 0.5) is 14.5 Å². The van der Waals surface area contributed by atoms with Gasteiger partial charge in [0, 0.05) is 6.07 Å². The van der Waals surface area contributed by atoms with Crippen LogP contribution in [0.2, 0.25) is 0 Å². The standard InChI is InChI=1S/C19H20F2N2O4/c1-19(2,3)16(18(27)22-14-7-4-10(20)8-15(14)25)23-17(26)12-9-11(24)5-6-13(12)21/h4-9,16,24-25H,1-3H3,(H,22,27)(H,23,26)/t16-/m1/s1. The van der Waals surface area contributed by atoms with Crippen LogP contribution in [0.15, 0.2) is 36.4 Å². The van der Waals surface area contributed by atoms with E-state index >= 15 is 0 Å². The highest BCUT2D eigenvalue weighted by atomic mass is 19.1. The van der Waals surface area contributed by atoms with Crippen molar-refractivity contribution in [1.82, 2.24) is 5.32 Å². The Kier molecular flexibility index (Phi) is 5.68. The average Bonchev–Trinajstić information content (AvgIpc) is 2.56. The predicted octanol–water partition coefficient (Wildman–Crippen LogP) is 3.16. The molecular weight excluding hydrogens is 358 g/mol.